The molecule has 4 N–H and O–H groups in total. The van der Waals surface area contributed by atoms with Gasteiger partial charge in [0.2, 0.25) is 5.76 Å². The molecule has 1 fully saturated rings. The molecule has 0 amide bonds. The van der Waals surface area contributed by atoms with E-state index >= 15 is 0 Å². The summed E-state index contributed by atoms with van der Waals surface area (Å²) in [4.78, 5) is 13.5. The molecule has 0 aromatic carbocycles. The largest absolute Gasteiger partial charge is 0.490 e. The third-order valence-corrected chi connectivity index (χ3v) is 9.44. The van der Waals surface area contributed by atoms with Crippen molar-refractivity contribution in [2.45, 2.75) is 111 Å². The quantitative estimate of drug-likeness (QED) is 0.208. The van der Waals surface area contributed by atoms with Crippen LogP contribution in [0.25, 0.3) is 0 Å². The number of hydrogen-bond donors (Lipinski definition) is 4. The van der Waals surface area contributed by atoms with E-state index in [-0.39, 0.29) is 29.9 Å². The van der Waals surface area contributed by atoms with Gasteiger partial charge in [0.15, 0.2) is 5.79 Å². The summed E-state index contributed by atoms with van der Waals surface area (Å²) in [6.07, 6.45) is 11.8. The molecule has 2 rings (SSSR count). The Bertz CT molecular complexity index is 1170. The fourth-order valence-corrected chi connectivity index (χ4v) is 6.30. The van der Waals surface area contributed by atoms with Gasteiger partial charge < -0.3 is 39.4 Å². The molecule has 0 aromatic heterocycles. The van der Waals surface area contributed by atoms with Crippen molar-refractivity contribution in [3.8, 4) is 0 Å². The van der Waals surface area contributed by atoms with Crippen molar-refractivity contribution in [2.24, 2.45) is 29.6 Å². The molecule has 260 valence electrons. The number of aliphatic hydroxyl groups excluding tert-OH is 3. The minimum atomic E-state index is -1.86. The molecule has 2 aliphatic rings. The molecular weight excluding hydrogens is 588 g/mol. The van der Waals surface area contributed by atoms with E-state index < -0.39 is 60.2 Å². The fourth-order valence-electron chi connectivity index (χ4n) is 6.30. The second-order valence-electron chi connectivity index (χ2n) is 13.2. The minimum Gasteiger partial charge on any atom is -0.490 e. The molecule has 0 saturated carbocycles. The van der Waals surface area contributed by atoms with Crippen LogP contribution in [0.15, 0.2) is 71.6 Å². The van der Waals surface area contributed by atoms with E-state index in [1.165, 1.54) is 14.2 Å². The summed E-state index contributed by atoms with van der Waals surface area (Å²) >= 11 is 0. The Labute approximate surface area is 276 Å². The van der Waals surface area contributed by atoms with Gasteiger partial charge in [0.05, 0.1) is 31.5 Å². The van der Waals surface area contributed by atoms with Crippen LogP contribution in [0.4, 0.5) is 0 Å². The van der Waals surface area contributed by atoms with Crippen molar-refractivity contribution >= 4 is 5.97 Å². The van der Waals surface area contributed by atoms with Crippen molar-refractivity contribution in [1.82, 2.24) is 0 Å². The number of ether oxygens (including phenoxy) is 4. The number of hydrogen-bond acceptors (Lipinski definition) is 9. The van der Waals surface area contributed by atoms with Crippen LogP contribution in [0.2, 0.25) is 0 Å². The van der Waals surface area contributed by atoms with E-state index in [2.05, 4.69) is 0 Å². The lowest BCUT2D eigenvalue weighted by Crippen LogP contribution is -2.58. The van der Waals surface area contributed by atoms with Crippen LogP contribution in [0.1, 0.15) is 68.2 Å². The minimum absolute atomic E-state index is 0.0115. The van der Waals surface area contributed by atoms with Gasteiger partial charge in [-0.1, -0.05) is 94.4 Å². The van der Waals surface area contributed by atoms with Gasteiger partial charge in [0, 0.05) is 37.2 Å². The number of methoxy groups -OCH3 is 2. The Morgan fingerprint density at radius 2 is 1.78 bits per heavy atom. The van der Waals surface area contributed by atoms with Gasteiger partial charge in [-0.3, -0.25) is 0 Å². The smallest absolute Gasteiger partial charge is 0.373 e. The lowest BCUT2D eigenvalue weighted by atomic mass is 9.77. The van der Waals surface area contributed by atoms with E-state index in [9.17, 15) is 25.2 Å². The van der Waals surface area contributed by atoms with Crippen LogP contribution in [-0.4, -0.2) is 83.0 Å². The van der Waals surface area contributed by atoms with Crippen LogP contribution in [0.3, 0.4) is 0 Å². The summed E-state index contributed by atoms with van der Waals surface area (Å²) in [7, 11) is 2.86. The standard InChI is InChI=1S/C37H58O9/c1-11-12-13-16-30-26(6)29(38)21-37(42,46-30)28(8)34(40)27(7)35-31(43-9)17-14-15-22(2)18-24(4)33(39)25(5)19-23(3)20-32(44-10)36(41)45-35/h11-17,19-20,24-31,33-35,38-40,42H,18,21H2,1-10H3/b12-11+,16-13+,17-14+,22-15+,23-19+,32-20-/t24-,25+,26-,27-,28-,29+,30-,31-,33-,34+,35+,37+/m0/s1. The molecular formula is C37H58O9. The average molecular weight is 647 g/mol. The number of carbonyl (C=O) groups excluding carboxylic acids is 1. The van der Waals surface area contributed by atoms with E-state index in [1.54, 1.807) is 38.2 Å². The normalized spacial score (nSPS) is 40.1. The first-order valence-electron chi connectivity index (χ1n) is 16.4. The first kappa shape index (κ1) is 39.6. The highest BCUT2D eigenvalue weighted by Crippen LogP contribution is 2.40. The maximum absolute atomic E-state index is 13.5. The van der Waals surface area contributed by atoms with Gasteiger partial charge in [-0.25, -0.2) is 4.79 Å². The molecule has 2 aliphatic heterocycles. The predicted molar refractivity (Wildman–Crippen MR) is 179 cm³/mol. The predicted octanol–water partition coefficient (Wildman–Crippen LogP) is 5.17. The molecule has 9 nitrogen and oxygen atoms in total. The second-order valence-corrected chi connectivity index (χ2v) is 13.2. The van der Waals surface area contributed by atoms with E-state index in [0.29, 0.717) is 6.42 Å². The first-order valence-corrected chi connectivity index (χ1v) is 16.4. The molecule has 0 radical (unpaired) electrons. The molecule has 0 unspecified atom stereocenters. The number of esters is 1. The summed E-state index contributed by atoms with van der Waals surface area (Å²) in [5.74, 6) is -4.77. The van der Waals surface area contributed by atoms with Crippen LogP contribution >= 0.6 is 0 Å². The summed E-state index contributed by atoms with van der Waals surface area (Å²) in [5, 5.41) is 45.2. The summed E-state index contributed by atoms with van der Waals surface area (Å²) in [6.45, 7) is 14.9. The highest BCUT2D eigenvalue weighted by Gasteiger charge is 2.50. The summed E-state index contributed by atoms with van der Waals surface area (Å²) in [5.41, 5.74) is 1.77. The molecule has 2 heterocycles. The number of aliphatic hydroxyl groups is 4. The van der Waals surface area contributed by atoms with Gasteiger partial charge in [-0.05, 0) is 39.2 Å². The Morgan fingerprint density at radius 3 is 2.39 bits per heavy atom. The zero-order chi connectivity index (χ0) is 34.8. The number of rotatable bonds is 8. The van der Waals surface area contributed by atoms with Crippen LogP contribution < -0.4 is 0 Å². The van der Waals surface area contributed by atoms with Gasteiger partial charge in [0.25, 0.3) is 0 Å². The average Bonchev–Trinajstić information content (AvgIpc) is 3.01. The first-order chi connectivity index (χ1) is 21.6. The lowest BCUT2D eigenvalue weighted by Gasteiger charge is -2.47. The molecule has 46 heavy (non-hydrogen) atoms. The molecule has 0 bridgehead atoms. The number of carbonyl (C=O) groups is 1. The van der Waals surface area contributed by atoms with Crippen molar-refractivity contribution in [2.75, 3.05) is 14.2 Å². The summed E-state index contributed by atoms with van der Waals surface area (Å²) < 4.78 is 23.4. The highest BCUT2D eigenvalue weighted by atomic mass is 16.6. The molecule has 9 heteroatoms. The third-order valence-electron chi connectivity index (χ3n) is 9.44. The Morgan fingerprint density at radius 1 is 1.11 bits per heavy atom. The van der Waals surface area contributed by atoms with E-state index in [0.717, 1.165) is 11.1 Å². The molecule has 0 aromatic rings. The van der Waals surface area contributed by atoms with Gasteiger partial charge >= 0.3 is 5.97 Å². The second kappa shape index (κ2) is 18.1. The van der Waals surface area contributed by atoms with Gasteiger partial charge in [-0.15, -0.1) is 0 Å². The van der Waals surface area contributed by atoms with Crippen molar-refractivity contribution < 1.29 is 44.2 Å². The maximum Gasteiger partial charge on any atom is 0.373 e. The zero-order valence-corrected chi connectivity index (χ0v) is 29.3. The molecule has 1 saturated heterocycles. The summed E-state index contributed by atoms with van der Waals surface area (Å²) in [6, 6.07) is 0. The van der Waals surface area contributed by atoms with E-state index in [4.69, 9.17) is 18.9 Å². The van der Waals surface area contributed by atoms with Gasteiger partial charge in [0.1, 0.15) is 12.2 Å². The Balaban J connectivity index is 2.51. The SMILES string of the molecule is C/C=C/C=C/[C@@H]1O[C@@](O)([C@@H](C)[C@H](O)[C@H](C)[C@H]2OC(=O)/C(OC)=C/C(C)=C/[C@@H](C)[C@@H](O)[C@@H](C)C/C(C)=C/C=C/[C@@H]2OC)C[C@@H](O)[C@@H]1C. The van der Waals surface area contributed by atoms with Crippen molar-refractivity contribution in [1.29, 1.82) is 0 Å². The number of allylic oxidation sites excluding steroid dienone is 8. The van der Waals surface area contributed by atoms with Crippen molar-refractivity contribution in [3.05, 3.63) is 71.6 Å². The van der Waals surface area contributed by atoms with E-state index in [1.807, 2.05) is 71.9 Å². The van der Waals surface area contributed by atoms with Crippen LogP contribution in [0, 0.1) is 29.6 Å². The Kier molecular flexibility index (Phi) is 15.6. The van der Waals surface area contributed by atoms with Gasteiger partial charge in [-0.2, -0.15) is 0 Å². The molecule has 12 atom stereocenters. The van der Waals surface area contributed by atoms with Crippen LogP contribution in [-0.2, 0) is 23.7 Å². The van der Waals surface area contributed by atoms with Crippen LogP contribution in [0.5, 0.6) is 0 Å². The lowest BCUT2D eigenvalue weighted by molar-refractivity contribution is -0.313. The molecule has 0 spiro atoms. The Hall–Kier alpha value is -2.53. The zero-order valence-electron chi connectivity index (χ0n) is 29.3. The third kappa shape index (κ3) is 10.5. The highest BCUT2D eigenvalue weighted by molar-refractivity contribution is 5.87. The molecule has 0 aliphatic carbocycles. The fraction of sp³-hybridized carbons (Fsp3) is 0.649. The monoisotopic (exact) mass is 646 g/mol. The van der Waals surface area contributed by atoms with Crippen molar-refractivity contribution in [3.63, 3.8) is 0 Å². The topological polar surface area (TPSA) is 135 Å². The number of cyclic esters (lactones) is 1. The maximum atomic E-state index is 13.5.